The third-order valence-electron chi connectivity index (χ3n) is 1.23. The fourth-order valence-electron chi connectivity index (χ4n) is 0.715. The summed E-state index contributed by atoms with van der Waals surface area (Å²) in [6.07, 6.45) is 1.06. The van der Waals surface area contributed by atoms with Gasteiger partial charge in [0.2, 0.25) is 5.91 Å². The second-order valence-electron chi connectivity index (χ2n) is 3.80. The van der Waals surface area contributed by atoms with E-state index in [2.05, 4.69) is 26.1 Å². The minimum Gasteiger partial charge on any atom is -0.356 e. The summed E-state index contributed by atoms with van der Waals surface area (Å²) >= 11 is 1.93. The van der Waals surface area contributed by atoms with Crippen LogP contribution in [0.5, 0.6) is 0 Å². The Morgan fingerprint density at radius 1 is 1.42 bits per heavy atom. The maximum Gasteiger partial charge on any atom is 0.216 e. The van der Waals surface area contributed by atoms with E-state index in [1.54, 1.807) is 6.92 Å². The van der Waals surface area contributed by atoms with E-state index in [0.29, 0.717) is 4.75 Å². The summed E-state index contributed by atoms with van der Waals surface area (Å²) in [4.78, 5) is 10.5. The van der Waals surface area contributed by atoms with Gasteiger partial charge in [0, 0.05) is 18.2 Å². The molecule has 0 aromatic carbocycles. The van der Waals surface area contributed by atoms with Gasteiger partial charge in [-0.15, -0.1) is 0 Å². The largest absolute Gasteiger partial charge is 0.356 e. The molecule has 1 N–H and O–H groups in total. The first-order chi connectivity index (χ1) is 5.42. The fraction of sp³-hybridized carbons (Fsp3) is 0.889. The molecule has 0 aliphatic rings. The van der Waals surface area contributed by atoms with Crippen molar-refractivity contribution in [2.45, 2.75) is 38.9 Å². The molecule has 0 fully saturated rings. The van der Waals surface area contributed by atoms with Crippen LogP contribution in [0.3, 0.4) is 0 Å². The maximum absolute atomic E-state index is 10.5. The first kappa shape index (κ1) is 11.8. The van der Waals surface area contributed by atoms with Crippen molar-refractivity contribution in [1.29, 1.82) is 0 Å². The summed E-state index contributed by atoms with van der Waals surface area (Å²) in [6, 6.07) is 0. The molecular formula is C9H19NOS. The molecule has 72 valence electrons. The van der Waals surface area contributed by atoms with Crippen molar-refractivity contribution < 1.29 is 4.79 Å². The second-order valence-corrected chi connectivity index (χ2v) is 5.72. The molecule has 0 saturated carbocycles. The van der Waals surface area contributed by atoms with Crippen LogP contribution in [0.2, 0.25) is 0 Å². The van der Waals surface area contributed by atoms with Gasteiger partial charge in [-0.25, -0.2) is 0 Å². The lowest BCUT2D eigenvalue weighted by atomic mass is 10.3. The molecular weight excluding hydrogens is 170 g/mol. The van der Waals surface area contributed by atoms with Gasteiger partial charge in [0.05, 0.1) is 0 Å². The van der Waals surface area contributed by atoms with E-state index in [1.165, 1.54) is 0 Å². The Hall–Kier alpha value is -0.180. The second kappa shape index (κ2) is 5.46. The number of carbonyl (C=O) groups is 1. The van der Waals surface area contributed by atoms with E-state index in [-0.39, 0.29) is 5.91 Å². The Morgan fingerprint density at radius 2 is 2.00 bits per heavy atom. The Balaban J connectivity index is 3.17. The van der Waals surface area contributed by atoms with Crippen LogP contribution in [0.4, 0.5) is 0 Å². The van der Waals surface area contributed by atoms with Crippen molar-refractivity contribution in [3.8, 4) is 0 Å². The van der Waals surface area contributed by atoms with Crippen molar-refractivity contribution in [2.24, 2.45) is 0 Å². The van der Waals surface area contributed by atoms with Gasteiger partial charge >= 0.3 is 0 Å². The van der Waals surface area contributed by atoms with E-state index >= 15 is 0 Å². The van der Waals surface area contributed by atoms with E-state index < -0.39 is 0 Å². The molecule has 3 heteroatoms. The van der Waals surface area contributed by atoms with Crippen LogP contribution < -0.4 is 5.32 Å². The average molecular weight is 189 g/mol. The van der Waals surface area contributed by atoms with Gasteiger partial charge in [-0.3, -0.25) is 4.79 Å². The summed E-state index contributed by atoms with van der Waals surface area (Å²) in [5, 5.41) is 2.78. The molecule has 0 unspecified atom stereocenters. The smallest absolute Gasteiger partial charge is 0.216 e. The molecule has 0 aromatic heterocycles. The normalized spacial score (nSPS) is 11.3. The molecule has 2 nitrogen and oxygen atoms in total. The standard InChI is InChI=1S/C9H19NOS/c1-8(11)10-6-5-7-12-9(2,3)4/h5-7H2,1-4H3,(H,10,11). The van der Waals surface area contributed by atoms with Gasteiger partial charge in [0.1, 0.15) is 0 Å². The Labute approximate surface area is 79.5 Å². The minimum absolute atomic E-state index is 0.0655. The highest BCUT2D eigenvalue weighted by Crippen LogP contribution is 2.23. The lowest BCUT2D eigenvalue weighted by Crippen LogP contribution is -2.21. The maximum atomic E-state index is 10.5. The molecule has 0 atom stereocenters. The highest BCUT2D eigenvalue weighted by Gasteiger charge is 2.08. The lowest BCUT2D eigenvalue weighted by molar-refractivity contribution is -0.118. The van der Waals surface area contributed by atoms with Gasteiger partial charge in [0.15, 0.2) is 0 Å². The van der Waals surface area contributed by atoms with Gasteiger partial charge < -0.3 is 5.32 Å². The first-order valence-corrected chi connectivity index (χ1v) is 5.29. The molecule has 1 amide bonds. The van der Waals surface area contributed by atoms with Crippen molar-refractivity contribution in [2.75, 3.05) is 12.3 Å². The number of hydrogen-bond donors (Lipinski definition) is 1. The van der Waals surface area contributed by atoms with Crippen molar-refractivity contribution in [3.63, 3.8) is 0 Å². The molecule has 0 aromatic rings. The number of rotatable bonds is 4. The highest BCUT2D eigenvalue weighted by atomic mass is 32.2. The summed E-state index contributed by atoms with van der Waals surface area (Å²) < 4.78 is 0.343. The monoisotopic (exact) mass is 189 g/mol. The van der Waals surface area contributed by atoms with Crippen molar-refractivity contribution in [3.05, 3.63) is 0 Å². The zero-order valence-corrected chi connectivity index (χ0v) is 9.25. The zero-order valence-electron chi connectivity index (χ0n) is 8.44. The number of carbonyl (C=O) groups excluding carboxylic acids is 1. The van der Waals surface area contributed by atoms with E-state index in [9.17, 15) is 4.79 Å². The third kappa shape index (κ3) is 9.82. The molecule has 0 aliphatic heterocycles. The topological polar surface area (TPSA) is 29.1 Å². The van der Waals surface area contributed by atoms with Crippen molar-refractivity contribution in [1.82, 2.24) is 5.32 Å². The molecule has 0 radical (unpaired) electrons. The quantitative estimate of drug-likeness (QED) is 0.686. The summed E-state index contributed by atoms with van der Waals surface area (Å²) in [6.45, 7) is 8.97. The molecule has 0 rings (SSSR count). The SMILES string of the molecule is CC(=O)NCCCSC(C)(C)C. The number of nitrogens with one attached hydrogen (secondary N) is 1. The summed E-state index contributed by atoms with van der Waals surface area (Å²) in [5.74, 6) is 1.18. The Kier molecular flexibility index (Phi) is 5.38. The van der Waals surface area contributed by atoms with Gasteiger partial charge in [0.25, 0.3) is 0 Å². The van der Waals surface area contributed by atoms with E-state index in [0.717, 1.165) is 18.7 Å². The Morgan fingerprint density at radius 3 is 2.42 bits per heavy atom. The summed E-state index contributed by atoms with van der Waals surface area (Å²) in [7, 11) is 0. The lowest BCUT2D eigenvalue weighted by Gasteiger charge is -2.17. The number of thioether (sulfide) groups is 1. The molecule has 0 heterocycles. The first-order valence-electron chi connectivity index (χ1n) is 4.30. The predicted octanol–water partition coefficient (Wildman–Crippen LogP) is 2.04. The summed E-state index contributed by atoms with van der Waals surface area (Å²) in [5.41, 5.74) is 0. The van der Waals surface area contributed by atoms with Crippen LogP contribution in [0.1, 0.15) is 34.1 Å². The average Bonchev–Trinajstić information content (AvgIpc) is 1.83. The molecule has 12 heavy (non-hydrogen) atoms. The zero-order chi connectivity index (χ0) is 9.61. The Bertz CT molecular complexity index is 140. The van der Waals surface area contributed by atoms with Crippen LogP contribution >= 0.6 is 11.8 Å². The highest BCUT2D eigenvalue weighted by molar-refractivity contribution is 8.00. The van der Waals surface area contributed by atoms with Crippen molar-refractivity contribution >= 4 is 17.7 Å². The fourth-order valence-corrected chi connectivity index (χ4v) is 1.62. The van der Waals surface area contributed by atoms with Gasteiger partial charge in [-0.05, 0) is 12.2 Å². The van der Waals surface area contributed by atoms with Gasteiger partial charge in [-0.1, -0.05) is 20.8 Å². The molecule has 0 saturated heterocycles. The van der Waals surface area contributed by atoms with Crippen LogP contribution in [0, 0.1) is 0 Å². The predicted molar refractivity (Wildman–Crippen MR) is 55.5 cm³/mol. The minimum atomic E-state index is 0.0655. The van der Waals surface area contributed by atoms with E-state index in [4.69, 9.17) is 0 Å². The van der Waals surface area contributed by atoms with Crippen LogP contribution in [-0.4, -0.2) is 23.0 Å². The molecule has 0 bridgehead atoms. The van der Waals surface area contributed by atoms with Crippen LogP contribution in [-0.2, 0) is 4.79 Å². The number of hydrogen-bond acceptors (Lipinski definition) is 2. The molecule has 0 aliphatic carbocycles. The third-order valence-corrected chi connectivity index (χ3v) is 2.59. The molecule has 0 spiro atoms. The van der Waals surface area contributed by atoms with Gasteiger partial charge in [-0.2, -0.15) is 11.8 Å². The van der Waals surface area contributed by atoms with Crippen LogP contribution in [0.25, 0.3) is 0 Å². The van der Waals surface area contributed by atoms with E-state index in [1.807, 2.05) is 11.8 Å². The number of amides is 1. The van der Waals surface area contributed by atoms with Crippen LogP contribution in [0.15, 0.2) is 0 Å².